The number of piperazine rings is 1. The Bertz CT molecular complexity index is 431. The molecule has 1 fully saturated rings. The largest absolute Gasteiger partial charge is 0.497 e. The summed E-state index contributed by atoms with van der Waals surface area (Å²) in [5.41, 5.74) is 1.19. The maximum absolute atomic E-state index is 10.4. The molecule has 0 spiro atoms. The van der Waals surface area contributed by atoms with Gasteiger partial charge in [0.1, 0.15) is 5.75 Å². The van der Waals surface area contributed by atoms with Gasteiger partial charge in [-0.1, -0.05) is 12.1 Å². The SMILES string of the molecule is COc1ccc(C(O)CN2CCN(C(C)(C)C)CC2)cc1. The lowest BCUT2D eigenvalue weighted by molar-refractivity contribution is 0.0363. The van der Waals surface area contributed by atoms with Gasteiger partial charge < -0.3 is 9.84 Å². The fourth-order valence-corrected chi connectivity index (χ4v) is 2.78. The lowest BCUT2D eigenvalue weighted by Gasteiger charge is -2.42. The fourth-order valence-electron chi connectivity index (χ4n) is 2.78. The van der Waals surface area contributed by atoms with E-state index in [0.717, 1.165) is 37.5 Å². The van der Waals surface area contributed by atoms with Gasteiger partial charge >= 0.3 is 0 Å². The van der Waals surface area contributed by atoms with Crippen molar-refractivity contribution in [1.82, 2.24) is 9.80 Å². The minimum absolute atomic E-state index is 0.237. The van der Waals surface area contributed by atoms with E-state index in [0.29, 0.717) is 6.54 Å². The van der Waals surface area contributed by atoms with Crippen molar-refractivity contribution in [2.45, 2.75) is 32.4 Å². The molecule has 118 valence electrons. The van der Waals surface area contributed by atoms with Crippen LogP contribution in [0.5, 0.6) is 5.75 Å². The first-order valence-electron chi connectivity index (χ1n) is 7.69. The molecule has 0 aromatic heterocycles. The summed E-state index contributed by atoms with van der Waals surface area (Å²) < 4.78 is 5.14. The molecule has 1 unspecified atom stereocenters. The summed E-state index contributed by atoms with van der Waals surface area (Å²) in [6.07, 6.45) is -0.433. The topological polar surface area (TPSA) is 35.9 Å². The molecule has 1 aliphatic heterocycles. The maximum atomic E-state index is 10.4. The molecule has 0 radical (unpaired) electrons. The molecule has 4 heteroatoms. The van der Waals surface area contributed by atoms with Crippen molar-refractivity contribution in [3.63, 3.8) is 0 Å². The Labute approximate surface area is 128 Å². The Kier molecular flexibility index (Phi) is 5.25. The molecule has 1 heterocycles. The summed E-state index contributed by atoms with van der Waals surface area (Å²) in [5, 5.41) is 10.4. The smallest absolute Gasteiger partial charge is 0.118 e. The molecule has 2 rings (SSSR count). The summed E-state index contributed by atoms with van der Waals surface area (Å²) in [6, 6.07) is 7.68. The predicted molar refractivity (Wildman–Crippen MR) is 85.7 cm³/mol. The van der Waals surface area contributed by atoms with Gasteiger partial charge in [0, 0.05) is 38.3 Å². The van der Waals surface area contributed by atoms with Crippen LogP contribution in [0.4, 0.5) is 0 Å². The zero-order valence-corrected chi connectivity index (χ0v) is 13.7. The Morgan fingerprint density at radius 3 is 2.14 bits per heavy atom. The third-order valence-electron chi connectivity index (χ3n) is 4.25. The highest BCUT2D eigenvalue weighted by molar-refractivity contribution is 5.28. The molecule has 1 aromatic carbocycles. The van der Waals surface area contributed by atoms with Crippen LogP contribution in [0.1, 0.15) is 32.4 Å². The van der Waals surface area contributed by atoms with E-state index in [4.69, 9.17) is 4.74 Å². The van der Waals surface area contributed by atoms with Gasteiger partial charge in [0.05, 0.1) is 13.2 Å². The van der Waals surface area contributed by atoms with Crippen molar-refractivity contribution in [3.05, 3.63) is 29.8 Å². The zero-order valence-electron chi connectivity index (χ0n) is 13.7. The second-order valence-corrected chi connectivity index (χ2v) is 6.75. The number of aliphatic hydroxyl groups excluding tert-OH is 1. The number of hydrogen-bond acceptors (Lipinski definition) is 4. The van der Waals surface area contributed by atoms with Crippen molar-refractivity contribution in [3.8, 4) is 5.75 Å². The van der Waals surface area contributed by atoms with E-state index in [1.165, 1.54) is 0 Å². The Morgan fingerprint density at radius 2 is 1.67 bits per heavy atom. The van der Waals surface area contributed by atoms with Crippen LogP contribution in [0, 0.1) is 0 Å². The van der Waals surface area contributed by atoms with Gasteiger partial charge in [-0.3, -0.25) is 9.80 Å². The van der Waals surface area contributed by atoms with Crippen LogP contribution in [0.25, 0.3) is 0 Å². The monoisotopic (exact) mass is 292 g/mol. The van der Waals surface area contributed by atoms with Crippen LogP contribution in [0.15, 0.2) is 24.3 Å². The molecular weight excluding hydrogens is 264 g/mol. The van der Waals surface area contributed by atoms with Crippen molar-refractivity contribution in [1.29, 1.82) is 0 Å². The van der Waals surface area contributed by atoms with E-state index in [1.54, 1.807) is 7.11 Å². The first-order chi connectivity index (χ1) is 9.90. The summed E-state index contributed by atoms with van der Waals surface area (Å²) in [6.45, 7) is 11.6. The molecule has 1 saturated heterocycles. The molecule has 1 aromatic rings. The average molecular weight is 292 g/mol. The van der Waals surface area contributed by atoms with E-state index < -0.39 is 6.10 Å². The number of methoxy groups -OCH3 is 1. The summed E-state index contributed by atoms with van der Waals surface area (Å²) >= 11 is 0. The second-order valence-electron chi connectivity index (χ2n) is 6.75. The summed E-state index contributed by atoms with van der Waals surface area (Å²) in [5.74, 6) is 0.824. The van der Waals surface area contributed by atoms with Crippen LogP contribution < -0.4 is 4.74 Å². The minimum Gasteiger partial charge on any atom is -0.497 e. The molecule has 1 N–H and O–H groups in total. The molecule has 0 aliphatic carbocycles. The Morgan fingerprint density at radius 1 is 1.10 bits per heavy atom. The summed E-state index contributed by atoms with van der Waals surface area (Å²) in [4.78, 5) is 4.85. The normalized spacial score (nSPS) is 19.5. The number of nitrogens with zero attached hydrogens (tertiary/aromatic N) is 2. The molecule has 1 aliphatic rings. The van der Waals surface area contributed by atoms with Gasteiger partial charge in [-0.25, -0.2) is 0 Å². The number of benzene rings is 1. The fraction of sp³-hybridized carbons (Fsp3) is 0.647. The Balaban J connectivity index is 1.85. The average Bonchev–Trinajstić information content (AvgIpc) is 2.47. The van der Waals surface area contributed by atoms with Crippen molar-refractivity contribution >= 4 is 0 Å². The van der Waals surface area contributed by atoms with Gasteiger partial charge in [-0.05, 0) is 38.5 Å². The third-order valence-corrected chi connectivity index (χ3v) is 4.25. The number of hydrogen-bond donors (Lipinski definition) is 1. The number of aliphatic hydroxyl groups is 1. The van der Waals surface area contributed by atoms with Crippen molar-refractivity contribution in [2.24, 2.45) is 0 Å². The number of β-amino-alcohol motifs (C(OH)–C–C–N with tert-alkyl or cyclic N) is 1. The van der Waals surface area contributed by atoms with E-state index in [2.05, 4.69) is 30.6 Å². The van der Waals surface area contributed by atoms with Crippen molar-refractivity contribution < 1.29 is 9.84 Å². The number of ether oxygens (including phenoxy) is 1. The molecule has 0 amide bonds. The van der Waals surface area contributed by atoms with E-state index in [-0.39, 0.29) is 5.54 Å². The minimum atomic E-state index is -0.433. The van der Waals surface area contributed by atoms with E-state index in [1.807, 2.05) is 24.3 Å². The second kappa shape index (κ2) is 6.77. The third kappa shape index (κ3) is 4.43. The highest BCUT2D eigenvalue weighted by Crippen LogP contribution is 2.20. The highest BCUT2D eigenvalue weighted by Gasteiger charge is 2.26. The lowest BCUT2D eigenvalue weighted by Crippen LogP contribution is -2.53. The van der Waals surface area contributed by atoms with Gasteiger partial charge in [0.2, 0.25) is 0 Å². The molecule has 0 bridgehead atoms. The molecular formula is C17H28N2O2. The van der Waals surface area contributed by atoms with Crippen molar-refractivity contribution in [2.75, 3.05) is 39.8 Å². The molecule has 4 nitrogen and oxygen atoms in total. The van der Waals surface area contributed by atoms with Crippen LogP contribution in [0.2, 0.25) is 0 Å². The molecule has 0 saturated carbocycles. The first kappa shape index (κ1) is 16.3. The van der Waals surface area contributed by atoms with Crippen LogP contribution >= 0.6 is 0 Å². The summed E-state index contributed by atoms with van der Waals surface area (Å²) in [7, 11) is 1.65. The lowest BCUT2D eigenvalue weighted by atomic mass is 10.0. The first-order valence-corrected chi connectivity index (χ1v) is 7.69. The van der Waals surface area contributed by atoms with Gasteiger partial charge in [0.25, 0.3) is 0 Å². The standard InChI is InChI=1S/C17H28N2O2/c1-17(2,3)19-11-9-18(10-12-19)13-16(20)14-5-7-15(21-4)8-6-14/h5-8,16,20H,9-13H2,1-4H3. The van der Waals surface area contributed by atoms with Crippen LogP contribution in [-0.4, -0.2) is 60.3 Å². The number of rotatable bonds is 4. The van der Waals surface area contributed by atoms with Crippen LogP contribution in [0.3, 0.4) is 0 Å². The van der Waals surface area contributed by atoms with E-state index >= 15 is 0 Å². The Hall–Kier alpha value is -1.10. The molecule has 21 heavy (non-hydrogen) atoms. The quantitative estimate of drug-likeness (QED) is 0.922. The van der Waals surface area contributed by atoms with Gasteiger partial charge in [-0.2, -0.15) is 0 Å². The maximum Gasteiger partial charge on any atom is 0.118 e. The molecule has 1 atom stereocenters. The zero-order chi connectivity index (χ0) is 15.5. The van der Waals surface area contributed by atoms with Gasteiger partial charge in [0.15, 0.2) is 0 Å². The highest BCUT2D eigenvalue weighted by atomic mass is 16.5. The van der Waals surface area contributed by atoms with Crippen LogP contribution in [-0.2, 0) is 0 Å². The van der Waals surface area contributed by atoms with Gasteiger partial charge in [-0.15, -0.1) is 0 Å². The predicted octanol–water partition coefficient (Wildman–Crippen LogP) is 2.14. The van der Waals surface area contributed by atoms with E-state index in [9.17, 15) is 5.11 Å².